The van der Waals surface area contributed by atoms with E-state index in [4.69, 9.17) is 18.9 Å². The fraction of sp³-hybridized carbons (Fsp3) is 0.438. The summed E-state index contributed by atoms with van der Waals surface area (Å²) in [6.45, 7) is 7.28. The van der Waals surface area contributed by atoms with Crippen molar-refractivity contribution in [2.45, 2.75) is 38.1 Å². The molecule has 0 aliphatic carbocycles. The van der Waals surface area contributed by atoms with Gasteiger partial charge in [-0.25, -0.2) is 0 Å². The Morgan fingerprint density at radius 3 is 2.67 bits per heavy atom. The predicted molar refractivity (Wildman–Crippen MR) is 74.5 cm³/mol. The minimum Gasteiger partial charge on any atom is -0.426 e. The zero-order chi connectivity index (χ0) is 15.0. The highest BCUT2D eigenvalue weighted by Gasteiger charge is 2.57. The van der Waals surface area contributed by atoms with Gasteiger partial charge in [-0.1, -0.05) is 24.3 Å². The third-order valence-electron chi connectivity index (χ3n) is 3.55. The second-order valence-corrected chi connectivity index (χ2v) is 5.56. The molecule has 2 heterocycles. The largest absolute Gasteiger partial charge is 0.426 e. The fourth-order valence-corrected chi connectivity index (χ4v) is 2.68. The maximum Gasteiger partial charge on any atom is 0.320 e. The number of esters is 1. The van der Waals surface area contributed by atoms with Crippen molar-refractivity contribution in [1.29, 1.82) is 0 Å². The Hall–Kier alpha value is -1.69. The Morgan fingerprint density at radius 1 is 1.29 bits per heavy atom. The van der Waals surface area contributed by atoms with Crippen LogP contribution in [0.15, 0.2) is 43.0 Å². The van der Waals surface area contributed by atoms with E-state index in [1.807, 2.05) is 6.07 Å². The van der Waals surface area contributed by atoms with E-state index in [1.165, 1.54) is 0 Å². The smallest absolute Gasteiger partial charge is 0.320 e. The molecule has 2 saturated heterocycles. The molecule has 2 aliphatic rings. The van der Waals surface area contributed by atoms with Gasteiger partial charge in [-0.3, -0.25) is 4.79 Å². The predicted octanol–water partition coefficient (Wildman–Crippen LogP) is 2.27. The van der Waals surface area contributed by atoms with Crippen LogP contribution < -0.4 is 4.74 Å². The van der Waals surface area contributed by atoms with Crippen molar-refractivity contribution in [2.24, 2.45) is 5.92 Å². The van der Waals surface area contributed by atoms with Crippen LogP contribution in [0.25, 0.3) is 0 Å². The molecule has 5 heteroatoms. The van der Waals surface area contributed by atoms with E-state index in [-0.39, 0.29) is 0 Å². The summed E-state index contributed by atoms with van der Waals surface area (Å²) in [5.41, 5.74) is 0. The van der Waals surface area contributed by atoms with Crippen LogP contribution in [0, 0.1) is 5.92 Å². The summed E-state index contributed by atoms with van der Waals surface area (Å²) in [5.74, 6) is -1.27. The minimum atomic E-state index is -0.771. The van der Waals surface area contributed by atoms with Crippen LogP contribution in [0.1, 0.15) is 13.8 Å². The van der Waals surface area contributed by atoms with E-state index in [0.29, 0.717) is 5.75 Å². The van der Waals surface area contributed by atoms with Gasteiger partial charge in [0.05, 0.1) is 6.10 Å². The van der Waals surface area contributed by atoms with Crippen LogP contribution in [0.4, 0.5) is 0 Å². The number of carbonyl (C=O) groups excluding carboxylic acids is 1. The van der Waals surface area contributed by atoms with E-state index < -0.39 is 36.2 Å². The second kappa shape index (κ2) is 5.26. The van der Waals surface area contributed by atoms with Crippen LogP contribution in [0.5, 0.6) is 5.75 Å². The quantitative estimate of drug-likeness (QED) is 0.485. The van der Waals surface area contributed by atoms with Crippen LogP contribution in [0.3, 0.4) is 0 Å². The van der Waals surface area contributed by atoms with Crippen molar-refractivity contribution >= 4 is 5.97 Å². The molecule has 4 atom stereocenters. The van der Waals surface area contributed by atoms with Crippen molar-refractivity contribution < 1.29 is 23.7 Å². The van der Waals surface area contributed by atoms with Crippen LogP contribution in [0.2, 0.25) is 0 Å². The molecular formula is C16H18O5. The molecule has 5 nitrogen and oxygen atoms in total. The number of fused-ring (bicyclic) bond motifs is 1. The van der Waals surface area contributed by atoms with Crippen molar-refractivity contribution in [3.63, 3.8) is 0 Å². The van der Waals surface area contributed by atoms with E-state index in [1.54, 1.807) is 44.2 Å². The first-order valence-corrected chi connectivity index (χ1v) is 6.90. The Labute approximate surface area is 123 Å². The van der Waals surface area contributed by atoms with Gasteiger partial charge in [0.1, 0.15) is 17.8 Å². The van der Waals surface area contributed by atoms with Crippen molar-refractivity contribution in [1.82, 2.24) is 0 Å². The van der Waals surface area contributed by atoms with Gasteiger partial charge in [-0.05, 0) is 26.0 Å². The standard InChI is InChI=1S/C16H18O5/c1-4-11-12(13-15(19-11)21-16(2,3)20-13)14(17)18-10-8-6-5-7-9-10/h4-9,11-13,15H,1H2,2-3H3/t11-,12+,13+,15-/m1/s1. The first kappa shape index (κ1) is 14.3. The average Bonchev–Trinajstić information content (AvgIpc) is 2.90. The number of para-hydroxylation sites is 1. The van der Waals surface area contributed by atoms with E-state index >= 15 is 0 Å². The van der Waals surface area contributed by atoms with Gasteiger partial charge < -0.3 is 18.9 Å². The molecular weight excluding hydrogens is 272 g/mol. The Kier molecular flexibility index (Phi) is 3.57. The Morgan fingerprint density at radius 2 is 2.00 bits per heavy atom. The van der Waals surface area contributed by atoms with Crippen molar-refractivity contribution in [3.8, 4) is 5.75 Å². The normalized spacial score (nSPS) is 33.4. The molecule has 0 saturated carbocycles. The molecule has 0 spiro atoms. The summed E-state index contributed by atoms with van der Waals surface area (Å²) < 4.78 is 22.5. The average molecular weight is 290 g/mol. The monoisotopic (exact) mass is 290 g/mol. The van der Waals surface area contributed by atoms with Gasteiger partial charge in [0.15, 0.2) is 12.1 Å². The van der Waals surface area contributed by atoms with Crippen molar-refractivity contribution in [3.05, 3.63) is 43.0 Å². The maximum atomic E-state index is 12.5. The highest BCUT2D eigenvalue weighted by molar-refractivity contribution is 5.77. The summed E-state index contributed by atoms with van der Waals surface area (Å²) in [5, 5.41) is 0. The number of hydrogen-bond donors (Lipinski definition) is 0. The first-order chi connectivity index (χ1) is 10.00. The number of ether oxygens (including phenoxy) is 4. The van der Waals surface area contributed by atoms with Crippen molar-refractivity contribution in [2.75, 3.05) is 0 Å². The molecule has 0 radical (unpaired) electrons. The Balaban J connectivity index is 1.78. The topological polar surface area (TPSA) is 54.0 Å². The molecule has 0 N–H and O–H groups in total. The van der Waals surface area contributed by atoms with Gasteiger partial charge in [0.2, 0.25) is 0 Å². The molecule has 21 heavy (non-hydrogen) atoms. The Bertz CT molecular complexity index is 539. The molecule has 0 unspecified atom stereocenters. The molecule has 3 rings (SSSR count). The van der Waals surface area contributed by atoms with Crippen LogP contribution in [-0.4, -0.2) is 30.3 Å². The van der Waals surface area contributed by atoms with Gasteiger partial charge >= 0.3 is 5.97 Å². The SMILES string of the molecule is C=C[C@H]1O[C@@H]2OC(C)(C)O[C@H]2[C@H]1C(=O)Oc1ccccc1. The van der Waals surface area contributed by atoms with Gasteiger partial charge in [-0.15, -0.1) is 6.58 Å². The first-order valence-electron chi connectivity index (χ1n) is 6.90. The fourth-order valence-electron chi connectivity index (χ4n) is 2.68. The summed E-state index contributed by atoms with van der Waals surface area (Å²) in [4.78, 5) is 12.5. The lowest BCUT2D eigenvalue weighted by Crippen LogP contribution is -2.37. The molecule has 112 valence electrons. The molecule has 0 amide bonds. The molecule has 1 aromatic rings. The third-order valence-corrected chi connectivity index (χ3v) is 3.55. The van der Waals surface area contributed by atoms with Gasteiger partial charge in [-0.2, -0.15) is 0 Å². The summed E-state index contributed by atoms with van der Waals surface area (Å²) in [6, 6.07) is 8.92. The second-order valence-electron chi connectivity index (χ2n) is 5.56. The number of hydrogen-bond acceptors (Lipinski definition) is 5. The van der Waals surface area contributed by atoms with E-state index in [0.717, 1.165) is 0 Å². The number of carbonyl (C=O) groups is 1. The lowest BCUT2D eigenvalue weighted by atomic mass is 9.98. The van der Waals surface area contributed by atoms with E-state index in [9.17, 15) is 4.79 Å². The summed E-state index contributed by atoms with van der Waals surface area (Å²) in [7, 11) is 0. The maximum absolute atomic E-state index is 12.5. The highest BCUT2D eigenvalue weighted by atomic mass is 16.8. The zero-order valence-electron chi connectivity index (χ0n) is 12.0. The van der Waals surface area contributed by atoms with Gasteiger partial charge in [0.25, 0.3) is 0 Å². The summed E-state index contributed by atoms with van der Waals surface area (Å²) >= 11 is 0. The number of rotatable bonds is 3. The molecule has 2 fully saturated rings. The lowest BCUT2D eigenvalue weighted by molar-refractivity contribution is -0.205. The third kappa shape index (κ3) is 2.72. The van der Waals surface area contributed by atoms with Crippen LogP contribution >= 0.6 is 0 Å². The van der Waals surface area contributed by atoms with E-state index in [2.05, 4.69) is 6.58 Å². The van der Waals surface area contributed by atoms with Gasteiger partial charge in [0, 0.05) is 0 Å². The molecule has 2 aliphatic heterocycles. The number of benzene rings is 1. The molecule has 1 aromatic carbocycles. The summed E-state index contributed by atoms with van der Waals surface area (Å²) in [6.07, 6.45) is 0.0393. The van der Waals surface area contributed by atoms with Crippen LogP contribution in [-0.2, 0) is 19.0 Å². The lowest BCUT2D eigenvalue weighted by Gasteiger charge is -2.23. The minimum absolute atomic E-state index is 0.403. The zero-order valence-corrected chi connectivity index (χ0v) is 12.0. The highest BCUT2D eigenvalue weighted by Crippen LogP contribution is 2.41. The molecule has 0 bridgehead atoms. The molecule has 0 aromatic heterocycles.